The number of nitrogens with zero attached hydrogens (tertiary/aromatic N) is 2. The summed E-state index contributed by atoms with van der Waals surface area (Å²) in [6, 6.07) is 18.1. The Bertz CT molecular complexity index is 955. The van der Waals surface area contributed by atoms with Crippen molar-refractivity contribution in [2.75, 3.05) is 23.0 Å². The van der Waals surface area contributed by atoms with E-state index in [1.807, 2.05) is 47.4 Å². The zero-order valence-electron chi connectivity index (χ0n) is 16.2. The van der Waals surface area contributed by atoms with Gasteiger partial charge in [-0.2, -0.15) is 0 Å². The van der Waals surface area contributed by atoms with Crippen LogP contribution in [0.4, 0.5) is 11.4 Å². The summed E-state index contributed by atoms with van der Waals surface area (Å²) in [6.07, 6.45) is 4.60. The molecule has 5 rings (SSSR count). The first-order chi connectivity index (χ1) is 14.2. The molecule has 0 aliphatic carbocycles. The van der Waals surface area contributed by atoms with Crippen LogP contribution in [0.15, 0.2) is 60.8 Å². The summed E-state index contributed by atoms with van der Waals surface area (Å²) >= 11 is 0. The Hall–Kier alpha value is -3.12. The molecule has 0 saturated carbocycles. The molecule has 2 aromatic carbocycles. The third kappa shape index (κ3) is 3.19. The number of hydrogen-bond acceptors (Lipinski definition) is 4. The summed E-state index contributed by atoms with van der Waals surface area (Å²) < 4.78 is 0. The average molecular weight is 388 g/mol. The van der Waals surface area contributed by atoms with Crippen LogP contribution >= 0.6 is 0 Å². The van der Waals surface area contributed by atoms with Gasteiger partial charge >= 0.3 is 0 Å². The Morgan fingerprint density at radius 3 is 2.45 bits per heavy atom. The smallest absolute Gasteiger partial charge is 0.232 e. The lowest BCUT2D eigenvalue weighted by molar-refractivity contribution is -0.125. The lowest BCUT2D eigenvalue weighted by Crippen LogP contribution is -2.58. The Morgan fingerprint density at radius 1 is 0.897 bits per heavy atom. The fourth-order valence-corrected chi connectivity index (χ4v) is 4.50. The number of anilines is 2. The molecule has 3 aliphatic heterocycles. The maximum Gasteiger partial charge on any atom is 0.232 e. The molecule has 3 heterocycles. The third-order valence-electron chi connectivity index (χ3n) is 5.98. The topological polar surface area (TPSA) is 64.7 Å². The normalized spacial score (nSPS) is 24.2. The fraction of sp³-hybridized carbons (Fsp3) is 0.304. The Kier molecular flexibility index (Phi) is 4.56. The standard InChI is InChI=1S/C23H24N4O2/c28-20-8-4-5-13-26(20)18-11-9-16(10-12-18)19-14-27(17-6-2-1-3-7-17)22-21(19)23(29)25-15-24-22/h1-3,6-7,9-12,14,21-22,24H,4-5,8,13,15H2,(H,25,29). The lowest BCUT2D eigenvalue weighted by Gasteiger charge is -2.34. The molecule has 2 N–H and O–H groups in total. The first-order valence-electron chi connectivity index (χ1n) is 10.2. The van der Waals surface area contributed by atoms with Crippen molar-refractivity contribution in [1.29, 1.82) is 0 Å². The minimum atomic E-state index is -0.286. The quantitative estimate of drug-likeness (QED) is 0.849. The molecule has 3 aliphatic rings. The number of hydrogen-bond donors (Lipinski definition) is 2. The highest BCUT2D eigenvalue weighted by atomic mass is 16.2. The van der Waals surface area contributed by atoms with Gasteiger partial charge in [0.2, 0.25) is 11.8 Å². The number of carbonyl (C=O) groups excluding carboxylic acids is 2. The summed E-state index contributed by atoms with van der Waals surface area (Å²) in [7, 11) is 0. The Balaban J connectivity index is 1.48. The van der Waals surface area contributed by atoms with Crippen molar-refractivity contribution >= 4 is 28.8 Å². The van der Waals surface area contributed by atoms with Crippen LogP contribution in [0.2, 0.25) is 0 Å². The molecule has 2 amide bonds. The van der Waals surface area contributed by atoms with Gasteiger partial charge in [-0.1, -0.05) is 30.3 Å². The maximum absolute atomic E-state index is 12.7. The molecular weight excluding hydrogens is 364 g/mol. The number of rotatable bonds is 3. The van der Waals surface area contributed by atoms with Crippen molar-refractivity contribution < 1.29 is 9.59 Å². The van der Waals surface area contributed by atoms with Crippen LogP contribution < -0.4 is 20.4 Å². The van der Waals surface area contributed by atoms with Crippen LogP contribution in [-0.2, 0) is 9.59 Å². The summed E-state index contributed by atoms with van der Waals surface area (Å²) in [5.74, 6) is -0.0598. The van der Waals surface area contributed by atoms with E-state index in [-0.39, 0.29) is 23.9 Å². The minimum Gasteiger partial charge on any atom is -0.343 e. The van der Waals surface area contributed by atoms with Crippen molar-refractivity contribution in [2.24, 2.45) is 5.92 Å². The monoisotopic (exact) mass is 388 g/mol. The molecule has 0 aromatic heterocycles. The van der Waals surface area contributed by atoms with Gasteiger partial charge < -0.3 is 15.1 Å². The highest BCUT2D eigenvalue weighted by Gasteiger charge is 2.43. The number of piperidine rings is 1. The first kappa shape index (κ1) is 17.9. The number of nitrogens with one attached hydrogen (secondary N) is 2. The van der Waals surface area contributed by atoms with Crippen molar-refractivity contribution in [3.05, 3.63) is 66.4 Å². The minimum absolute atomic E-state index is 0.0358. The van der Waals surface area contributed by atoms with Crippen LogP contribution in [0.25, 0.3) is 5.57 Å². The van der Waals surface area contributed by atoms with Gasteiger partial charge in [0.15, 0.2) is 0 Å². The van der Waals surface area contributed by atoms with Crippen LogP contribution in [0.5, 0.6) is 0 Å². The second-order valence-corrected chi connectivity index (χ2v) is 7.72. The van der Waals surface area contributed by atoms with Gasteiger partial charge in [-0.05, 0) is 48.2 Å². The SMILES string of the molecule is O=C1NCNC2C1C(c1ccc(N3CCCCC3=O)cc1)=CN2c1ccccc1. The molecule has 2 atom stereocenters. The number of fused-ring (bicyclic) bond motifs is 1. The van der Waals surface area contributed by atoms with Gasteiger partial charge in [0, 0.05) is 30.5 Å². The Labute approximate surface area is 170 Å². The van der Waals surface area contributed by atoms with Gasteiger partial charge in [-0.15, -0.1) is 0 Å². The van der Waals surface area contributed by atoms with Crippen LogP contribution in [0.1, 0.15) is 24.8 Å². The lowest BCUT2D eigenvalue weighted by atomic mass is 9.91. The van der Waals surface area contributed by atoms with Crippen LogP contribution in [-0.4, -0.2) is 31.2 Å². The molecule has 2 unspecified atom stereocenters. The summed E-state index contributed by atoms with van der Waals surface area (Å²) in [5, 5.41) is 6.34. The van der Waals surface area contributed by atoms with E-state index in [0.29, 0.717) is 13.1 Å². The Morgan fingerprint density at radius 2 is 1.69 bits per heavy atom. The van der Waals surface area contributed by atoms with Gasteiger partial charge in [0.25, 0.3) is 0 Å². The molecule has 2 saturated heterocycles. The number of benzene rings is 2. The molecule has 0 spiro atoms. The predicted octanol–water partition coefficient (Wildman–Crippen LogP) is 2.68. The molecule has 2 fully saturated rings. The van der Waals surface area contributed by atoms with E-state index < -0.39 is 0 Å². The van der Waals surface area contributed by atoms with Crippen molar-refractivity contribution in [1.82, 2.24) is 10.6 Å². The third-order valence-corrected chi connectivity index (χ3v) is 5.98. The molecular formula is C23H24N4O2. The molecule has 148 valence electrons. The van der Waals surface area contributed by atoms with E-state index in [1.54, 1.807) is 0 Å². The average Bonchev–Trinajstić information content (AvgIpc) is 3.16. The molecule has 0 radical (unpaired) electrons. The van der Waals surface area contributed by atoms with E-state index in [4.69, 9.17) is 0 Å². The van der Waals surface area contributed by atoms with Crippen LogP contribution in [0.3, 0.4) is 0 Å². The van der Waals surface area contributed by atoms with E-state index >= 15 is 0 Å². The van der Waals surface area contributed by atoms with Crippen molar-refractivity contribution in [3.63, 3.8) is 0 Å². The summed E-state index contributed by atoms with van der Waals surface area (Å²) in [5.41, 5.74) is 3.97. The van der Waals surface area contributed by atoms with E-state index in [0.717, 1.165) is 41.9 Å². The second kappa shape index (κ2) is 7.37. The molecule has 2 aromatic rings. The predicted molar refractivity (Wildman–Crippen MR) is 113 cm³/mol. The number of amides is 2. The van der Waals surface area contributed by atoms with Crippen molar-refractivity contribution in [2.45, 2.75) is 25.4 Å². The van der Waals surface area contributed by atoms with Crippen LogP contribution in [0, 0.1) is 5.92 Å². The molecule has 6 heteroatoms. The number of carbonyl (C=O) groups is 2. The van der Waals surface area contributed by atoms with Gasteiger partial charge in [-0.25, -0.2) is 0 Å². The highest BCUT2D eigenvalue weighted by molar-refractivity contribution is 5.97. The van der Waals surface area contributed by atoms with E-state index in [2.05, 4.69) is 33.9 Å². The molecule has 29 heavy (non-hydrogen) atoms. The zero-order chi connectivity index (χ0) is 19.8. The van der Waals surface area contributed by atoms with Gasteiger partial charge in [-0.3, -0.25) is 14.9 Å². The number of para-hydroxylation sites is 1. The van der Waals surface area contributed by atoms with Crippen molar-refractivity contribution in [3.8, 4) is 0 Å². The van der Waals surface area contributed by atoms with E-state index in [1.165, 1.54) is 0 Å². The summed E-state index contributed by atoms with van der Waals surface area (Å²) in [6.45, 7) is 1.24. The maximum atomic E-state index is 12.7. The molecule has 6 nitrogen and oxygen atoms in total. The fourth-order valence-electron chi connectivity index (χ4n) is 4.50. The largest absolute Gasteiger partial charge is 0.343 e. The zero-order valence-corrected chi connectivity index (χ0v) is 16.2. The van der Waals surface area contributed by atoms with E-state index in [9.17, 15) is 9.59 Å². The van der Waals surface area contributed by atoms with Gasteiger partial charge in [0.05, 0.1) is 12.6 Å². The summed E-state index contributed by atoms with van der Waals surface area (Å²) in [4.78, 5) is 28.9. The second-order valence-electron chi connectivity index (χ2n) is 7.72. The first-order valence-corrected chi connectivity index (χ1v) is 10.2. The molecule has 0 bridgehead atoms. The van der Waals surface area contributed by atoms with Gasteiger partial charge in [0.1, 0.15) is 6.17 Å². The highest BCUT2D eigenvalue weighted by Crippen LogP contribution is 2.39.